The molecule has 1 heterocycles. The van der Waals surface area contributed by atoms with Gasteiger partial charge in [0.05, 0.1) is 23.1 Å². The second-order valence-corrected chi connectivity index (χ2v) is 9.37. The minimum absolute atomic E-state index is 0.0820. The van der Waals surface area contributed by atoms with E-state index in [1.807, 2.05) is 12.1 Å². The molecule has 0 amide bonds. The van der Waals surface area contributed by atoms with Crippen LogP contribution < -0.4 is 4.74 Å². The van der Waals surface area contributed by atoms with Crippen LogP contribution in [0.4, 0.5) is 0 Å². The quantitative estimate of drug-likeness (QED) is 0.609. The van der Waals surface area contributed by atoms with Gasteiger partial charge in [0.2, 0.25) is 10.0 Å². The summed E-state index contributed by atoms with van der Waals surface area (Å²) >= 11 is 12.1. The molecule has 156 valence electrons. The summed E-state index contributed by atoms with van der Waals surface area (Å²) in [7, 11) is -2.24. The number of carbonyl (C=O) groups excluding carboxylic acids is 1. The van der Waals surface area contributed by atoms with E-state index in [-0.39, 0.29) is 46.5 Å². The standard InChI is InChI=1S/C20H21Cl2NO5S/c1-27-16-7-5-14(6-8-16)13-28-20(24)15-9-11-23(12-10-15)29(25,26)19-17(21)3-2-4-18(19)22/h2-8,15H,9-13H2,1H3. The summed E-state index contributed by atoms with van der Waals surface area (Å²) in [6.07, 6.45) is 0.755. The minimum Gasteiger partial charge on any atom is -0.497 e. The highest BCUT2D eigenvalue weighted by molar-refractivity contribution is 7.89. The van der Waals surface area contributed by atoms with E-state index in [4.69, 9.17) is 32.7 Å². The Morgan fingerprint density at radius 3 is 2.21 bits per heavy atom. The Kier molecular flexibility index (Phi) is 7.05. The van der Waals surface area contributed by atoms with E-state index in [0.29, 0.717) is 12.8 Å². The first-order chi connectivity index (χ1) is 13.8. The number of carbonyl (C=O) groups is 1. The molecule has 0 spiro atoms. The highest BCUT2D eigenvalue weighted by atomic mass is 35.5. The van der Waals surface area contributed by atoms with Crippen molar-refractivity contribution in [2.24, 2.45) is 5.92 Å². The minimum atomic E-state index is -3.83. The highest BCUT2D eigenvalue weighted by Gasteiger charge is 2.34. The van der Waals surface area contributed by atoms with Gasteiger partial charge in [-0.25, -0.2) is 8.42 Å². The third-order valence-electron chi connectivity index (χ3n) is 4.84. The number of nitrogens with zero attached hydrogens (tertiary/aromatic N) is 1. The van der Waals surface area contributed by atoms with Crippen LogP contribution in [-0.4, -0.2) is 38.9 Å². The summed E-state index contributed by atoms with van der Waals surface area (Å²) in [4.78, 5) is 12.3. The Labute approximate surface area is 180 Å². The molecule has 1 aliphatic heterocycles. The molecule has 1 saturated heterocycles. The van der Waals surface area contributed by atoms with Crippen molar-refractivity contribution in [1.82, 2.24) is 4.31 Å². The summed E-state index contributed by atoms with van der Waals surface area (Å²) in [6.45, 7) is 0.564. The molecule has 2 aromatic carbocycles. The number of sulfonamides is 1. The number of ether oxygens (including phenoxy) is 2. The molecule has 29 heavy (non-hydrogen) atoms. The summed E-state index contributed by atoms with van der Waals surface area (Å²) in [6, 6.07) is 11.8. The van der Waals surface area contributed by atoms with Crippen LogP contribution in [0, 0.1) is 5.92 Å². The lowest BCUT2D eigenvalue weighted by Crippen LogP contribution is -2.40. The molecule has 0 bridgehead atoms. The predicted molar refractivity (Wildman–Crippen MR) is 111 cm³/mol. The molecule has 0 saturated carbocycles. The zero-order chi connectivity index (χ0) is 21.0. The number of halogens is 2. The van der Waals surface area contributed by atoms with Crippen molar-refractivity contribution in [3.8, 4) is 5.75 Å². The number of piperidine rings is 1. The normalized spacial score (nSPS) is 15.8. The molecule has 0 radical (unpaired) electrons. The number of esters is 1. The smallest absolute Gasteiger partial charge is 0.309 e. The van der Waals surface area contributed by atoms with Crippen LogP contribution in [-0.2, 0) is 26.2 Å². The molecule has 1 fully saturated rings. The second-order valence-electron chi connectivity index (χ2n) is 6.68. The maximum atomic E-state index is 12.9. The van der Waals surface area contributed by atoms with E-state index in [2.05, 4.69) is 0 Å². The Balaban J connectivity index is 1.57. The van der Waals surface area contributed by atoms with Crippen molar-refractivity contribution in [1.29, 1.82) is 0 Å². The van der Waals surface area contributed by atoms with E-state index in [1.54, 1.807) is 25.3 Å². The van der Waals surface area contributed by atoms with Crippen molar-refractivity contribution in [3.05, 3.63) is 58.1 Å². The Hall–Kier alpha value is -1.80. The van der Waals surface area contributed by atoms with Crippen molar-refractivity contribution in [2.45, 2.75) is 24.3 Å². The van der Waals surface area contributed by atoms with Gasteiger partial charge in [0, 0.05) is 13.1 Å². The topological polar surface area (TPSA) is 72.9 Å². The van der Waals surface area contributed by atoms with Gasteiger partial charge in [0.1, 0.15) is 17.3 Å². The van der Waals surface area contributed by atoms with Gasteiger partial charge in [-0.05, 0) is 42.7 Å². The molecule has 0 aromatic heterocycles. The van der Waals surface area contributed by atoms with Gasteiger partial charge < -0.3 is 9.47 Å². The fraction of sp³-hybridized carbons (Fsp3) is 0.350. The largest absolute Gasteiger partial charge is 0.497 e. The summed E-state index contributed by atoms with van der Waals surface area (Å²) < 4.78 is 37.6. The van der Waals surface area contributed by atoms with E-state index in [0.717, 1.165) is 11.3 Å². The maximum absolute atomic E-state index is 12.9. The van der Waals surface area contributed by atoms with Gasteiger partial charge in [-0.1, -0.05) is 41.4 Å². The van der Waals surface area contributed by atoms with Crippen LogP contribution in [0.1, 0.15) is 18.4 Å². The fourth-order valence-corrected chi connectivity index (χ4v) is 5.75. The summed E-state index contributed by atoms with van der Waals surface area (Å²) in [5, 5.41) is 0.164. The molecule has 3 rings (SSSR count). The average molecular weight is 458 g/mol. The molecule has 9 heteroatoms. The van der Waals surface area contributed by atoms with Gasteiger partial charge in [-0.3, -0.25) is 4.79 Å². The first-order valence-electron chi connectivity index (χ1n) is 9.06. The summed E-state index contributed by atoms with van der Waals surface area (Å²) in [5.74, 6) is 0.0577. The van der Waals surface area contributed by atoms with Gasteiger partial charge in [-0.2, -0.15) is 4.31 Å². The first-order valence-corrected chi connectivity index (χ1v) is 11.3. The molecule has 6 nitrogen and oxygen atoms in total. The molecule has 0 unspecified atom stereocenters. The highest BCUT2D eigenvalue weighted by Crippen LogP contribution is 2.33. The first kappa shape index (κ1) is 21.9. The molecule has 0 N–H and O–H groups in total. The SMILES string of the molecule is COc1ccc(COC(=O)C2CCN(S(=O)(=O)c3c(Cl)cccc3Cl)CC2)cc1. The molecule has 1 aliphatic rings. The lowest BCUT2D eigenvalue weighted by atomic mass is 9.98. The third-order valence-corrected chi connectivity index (χ3v) is 7.70. The van der Waals surface area contributed by atoms with E-state index in [9.17, 15) is 13.2 Å². The molecule has 0 aliphatic carbocycles. The number of hydrogen-bond acceptors (Lipinski definition) is 5. The van der Waals surface area contributed by atoms with Crippen molar-refractivity contribution < 1.29 is 22.7 Å². The zero-order valence-corrected chi connectivity index (χ0v) is 18.1. The average Bonchev–Trinajstić information content (AvgIpc) is 2.72. The van der Waals surface area contributed by atoms with Crippen LogP contribution in [0.2, 0.25) is 10.0 Å². The fourth-order valence-electron chi connectivity index (χ4n) is 3.18. The van der Waals surface area contributed by atoms with Crippen LogP contribution >= 0.6 is 23.2 Å². The number of methoxy groups -OCH3 is 1. The van der Waals surface area contributed by atoms with Gasteiger partial charge in [0.25, 0.3) is 0 Å². The molecule has 0 atom stereocenters. The number of rotatable bonds is 6. The second kappa shape index (κ2) is 9.34. The van der Waals surface area contributed by atoms with E-state index < -0.39 is 10.0 Å². The number of hydrogen-bond donors (Lipinski definition) is 0. The van der Waals surface area contributed by atoms with E-state index in [1.165, 1.54) is 16.4 Å². The Morgan fingerprint density at radius 2 is 1.66 bits per heavy atom. The van der Waals surface area contributed by atoms with Crippen molar-refractivity contribution in [2.75, 3.05) is 20.2 Å². The van der Waals surface area contributed by atoms with E-state index >= 15 is 0 Å². The van der Waals surface area contributed by atoms with Crippen molar-refractivity contribution >= 4 is 39.2 Å². The van der Waals surface area contributed by atoms with Crippen LogP contribution in [0.25, 0.3) is 0 Å². The maximum Gasteiger partial charge on any atom is 0.309 e. The van der Waals surface area contributed by atoms with Gasteiger partial charge in [-0.15, -0.1) is 0 Å². The molecular weight excluding hydrogens is 437 g/mol. The van der Waals surface area contributed by atoms with Crippen LogP contribution in [0.5, 0.6) is 5.75 Å². The van der Waals surface area contributed by atoms with Gasteiger partial charge in [0.15, 0.2) is 0 Å². The monoisotopic (exact) mass is 457 g/mol. The molecular formula is C20H21Cl2NO5S. The van der Waals surface area contributed by atoms with Crippen molar-refractivity contribution in [3.63, 3.8) is 0 Å². The lowest BCUT2D eigenvalue weighted by Gasteiger charge is -2.30. The van der Waals surface area contributed by atoms with Crippen LogP contribution in [0.3, 0.4) is 0 Å². The Morgan fingerprint density at radius 1 is 1.07 bits per heavy atom. The zero-order valence-electron chi connectivity index (χ0n) is 15.8. The van der Waals surface area contributed by atoms with Crippen LogP contribution in [0.15, 0.2) is 47.4 Å². The third kappa shape index (κ3) is 5.04. The predicted octanol–water partition coefficient (Wildman–Crippen LogP) is 4.15. The Bertz CT molecular complexity index is 951. The molecule has 2 aromatic rings. The summed E-state index contributed by atoms with van der Waals surface area (Å²) in [5.41, 5.74) is 0.854. The number of benzene rings is 2. The van der Waals surface area contributed by atoms with Gasteiger partial charge >= 0.3 is 5.97 Å². The lowest BCUT2D eigenvalue weighted by molar-refractivity contribution is -0.151.